The Bertz CT molecular complexity index is 1940. The summed E-state index contributed by atoms with van der Waals surface area (Å²) in [5, 5.41) is 161. The van der Waals surface area contributed by atoms with Gasteiger partial charge in [-0.15, -0.1) is 0 Å². The third kappa shape index (κ3) is 14.8. The molecule has 0 aromatic carbocycles. The fourth-order valence-electron chi connectivity index (χ4n) is 12.2. The van der Waals surface area contributed by atoms with Crippen LogP contribution in [0.3, 0.4) is 0 Å². The van der Waals surface area contributed by atoms with Crippen LogP contribution in [-0.2, 0) is 52.2 Å². The van der Waals surface area contributed by atoms with Crippen LogP contribution in [0.5, 0.6) is 0 Å². The van der Waals surface area contributed by atoms with Gasteiger partial charge in [0, 0.05) is 24.5 Å². The number of fused-ring (bicyclic) bond motifs is 1. The van der Waals surface area contributed by atoms with E-state index in [0.29, 0.717) is 44.9 Å². The number of carbonyl (C=O) groups excluding carboxylic acids is 2. The van der Waals surface area contributed by atoms with Crippen LogP contribution in [0.15, 0.2) is 24.3 Å². The molecule has 12 unspecified atom stereocenters. The molecule has 27 atom stereocenters. The van der Waals surface area contributed by atoms with Crippen LogP contribution in [0.1, 0.15) is 83.5 Å². The Hall–Kier alpha value is -2.46. The smallest absolute Gasteiger partial charge is 0.330 e. The maximum atomic E-state index is 13.0. The van der Waals surface area contributed by atoms with Gasteiger partial charge in [-0.2, -0.15) is 0 Å². The van der Waals surface area contributed by atoms with E-state index in [-0.39, 0.29) is 50.4 Å². The van der Waals surface area contributed by atoms with Gasteiger partial charge in [-0.05, 0) is 94.8 Å². The molecule has 0 spiro atoms. The minimum Gasteiger partial charge on any atom is -0.460 e. The second kappa shape index (κ2) is 27.1. The lowest BCUT2D eigenvalue weighted by atomic mass is 9.72. The number of rotatable bonds is 16. The van der Waals surface area contributed by atoms with Crippen molar-refractivity contribution in [2.75, 3.05) is 19.8 Å². The van der Waals surface area contributed by atoms with Crippen LogP contribution < -0.4 is 0 Å². The number of allylic oxidation sites excluding steroid dienone is 2. The summed E-state index contributed by atoms with van der Waals surface area (Å²) in [6.45, 7) is -2.08. The van der Waals surface area contributed by atoms with Crippen LogP contribution in [-0.4, -0.2) is 262 Å². The Kier molecular flexibility index (Phi) is 21.3. The first-order chi connectivity index (χ1) is 36.7. The lowest BCUT2D eigenvalue weighted by molar-refractivity contribution is -0.380. The molecule has 440 valence electrons. The van der Waals surface area contributed by atoms with Gasteiger partial charge in [0.2, 0.25) is 0 Å². The van der Waals surface area contributed by atoms with Gasteiger partial charge in [0.1, 0.15) is 86.5 Å². The van der Waals surface area contributed by atoms with E-state index >= 15 is 0 Å². The van der Waals surface area contributed by atoms with Crippen LogP contribution in [0.2, 0.25) is 0 Å². The van der Waals surface area contributed by atoms with Gasteiger partial charge in [0.15, 0.2) is 18.9 Å². The first-order valence-electron chi connectivity index (χ1n) is 27.1. The second-order valence-electron chi connectivity index (χ2n) is 22.3. The molecule has 4 heterocycles. The zero-order valence-electron chi connectivity index (χ0n) is 42.6. The number of hydrogen-bond donors (Lipinski definition) is 15. The second-order valence-corrected chi connectivity index (χ2v) is 22.3. The number of esters is 2. The Morgan fingerprint density at radius 2 is 0.961 bits per heavy atom. The van der Waals surface area contributed by atoms with Crippen LogP contribution in [0.25, 0.3) is 0 Å². The SMILES string of the molecule is O=C(C=CC1CCC(O)C(O)C1)OC[C@H]1O[C@@H](O[C@H]2[C@H](OC3CC4C(CC(O)CC4O[C@@H]4O[C@H](CO)[C@@H](O)[C@H](O)[C@H]4O)OC3C3CCC(O)C(O)C3)O[C@H](COC(=O)C=CC3CCC(O)CC3)[C@@H](O)[C@@H]2O)[C@H](O)[C@@H](O)[C@@H]1O. The largest absolute Gasteiger partial charge is 0.460 e. The summed E-state index contributed by atoms with van der Waals surface area (Å²) in [7, 11) is 0. The molecule has 4 aliphatic heterocycles. The van der Waals surface area contributed by atoms with Crippen molar-refractivity contribution in [1.29, 1.82) is 0 Å². The van der Waals surface area contributed by atoms with E-state index in [9.17, 15) is 86.2 Å². The number of hydrogen-bond acceptors (Lipinski definition) is 26. The highest BCUT2D eigenvalue weighted by molar-refractivity contribution is 5.82. The summed E-state index contributed by atoms with van der Waals surface area (Å²) in [5.74, 6) is -3.18. The number of ether oxygens (including phenoxy) is 9. The maximum absolute atomic E-state index is 13.0. The average Bonchev–Trinajstić information content (AvgIpc) is 3.40. The fourth-order valence-corrected chi connectivity index (χ4v) is 12.2. The quantitative estimate of drug-likeness (QED) is 0.0508. The normalized spacial score (nSPS) is 49.1. The predicted octanol–water partition coefficient (Wildman–Crippen LogP) is -5.08. The van der Waals surface area contributed by atoms with Crippen LogP contribution in [0, 0.1) is 23.7 Å². The summed E-state index contributed by atoms with van der Waals surface area (Å²) in [4.78, 5) is 25.8. The van der Waals surface area contributed by atoms with Gasteiger partial charge >= 0.3 is 11.9 Å². The van der Waals surface area contributed by atoms with Crippen LogP contribution >= 0.6 is 0 Å². The van der Waals surface area contributed by atoms with E-state index in [1.165, 1.54) is 12.2 Å². The van der Waals surface area contributed by atoms with E-state index in [2.05, 4.69) is 0 Å². The van der Waals surface area contributed by atoms with Crippen LogP contribution in [0.4, 0.5) is 0 Å². The zero-order chi connectivity index (χ0) is 55.4. The van der Waals surface area contributed by atoms with Crippen molar-refractivity contribution in [3.8, 4) is 0 Å². The molecule has 8 fully saturated rings. The molecule has 77 heavy (non-hydrogen) atoms. The molecule has 26 nitrogen and oxygen atoms in total. The molecule has 4 saturated heterocycles. The van der Waals surface area contributed by atoms with Gasteiger partial charge in [0.25, 0.3) is 0 Å². The summed E-state index contributed by atoms with van der Waals surface area (Å²) >= 11 is 0. The average molecular weight is 1110 g/mol. The molecular weight excluding hydrogens is 1030 g/mol. The summed E-state index contributed by atoms with van der Waals surface area (Å²) in [5.41, 5.74) is 0. The van der Waals surface area contributed by atoms with Gasteiger partial charge in [-0.1, -0.05) is 12.2 Å². The number of aliphatic hydroxyl groups is 15. The lowest BCUT2D eigenvalue weighted by Crippen LogP contribution is -2.66. The van der Waals surface area contributed by atoms with Crippen molar-refractivity contribution in [3.05, 3.63) is 24.3 Å². The van der Waals surface area contributed by atoms with Crippen molar-refractivity contribution < 1.29 is 129 Å². The Labute approximate surface area is 444 Å². The molecule has 0 radical (unpaired) electrons. The highest BCUT2D eigenvalue weighted by Gasteiger charge is 2.56. The van der Waals surface area contributed by atoms with E-state index in [1.54, 1.807) is 6.08 Å². The maximum Gasteiger partial charge on any atom is 0.330 e. The predicted molar refractivity (Wildman–Crippen MR) is 255 cm³/mol. The highest BCUT2D eigenvalue weighted by Crippen LogP contribution is 2.45. The Balaban J connectivity index is 1.04. The molecule has 8 rings (SSSR count). The van der Waals surface area contributed by atoms with Gasteiger partial charge in [-0.25, -0.2) is 9.59 Å². The number of carbonyl (C=O) groups is 2. The molecule has 4 aliphatic carbocycles. The van der Waals surface area contributed by atoms with Gasteiger partial charge in [0.05, 0.1) is 67.6 Å². The van der Waals surface area contributed by atoms with Crippen molar-refractivity contribution in [1.82, 2.24) is 0 Å². The first kappa shape index (κ1) is 60.6. The fraction of sp³-hybridized carbons (Fsp3) is 0.882. The first-order valence-corrected chi connectivity index (χ1v) is 27.1. The Morgan fingerprint density at radius 3 is 1.57 bits per heavy atom. The van der Waals surface area contributed by atoms with E-state index in [1.807, 2.05) is 0 Å². The molecule has 0 aromatic rings. The molecule has 0 bridgehead atoms. The highest BCUT2D eigenvalue weighted by atomic mass is 16.8. The third-order valence-electron chi connectivity index (χ3n) is 16.9. The number of aliphatic hydroxyl groups excluding tert-OH is 15. The summed E-state index contributed by atoms with van der Waals surface area (Å²) in [6, 6.07) is 0. The minimum atomic E-state index is -2.05. The van der Waals surface area contributed by atoms with E-state index < -0.39 is 197 Å². The molecule has 26 heteroatoms. The molecule has 15 N–H and O–H groups in total. The standard InChI is InChI=1S/C51H80O26/c52-18-34-39(61)42(64)45(67)49(74-34)72-32-16-25(54)15-31-26(32)17-33(47(71-31)23-6-10-28(56)30(58)14-23)73-51-48(44(66)41(63)36(76-51)20-70-37(59)11-4-21-1-7-24(53)8-2-21)77-50-46(68)43(65)40(62)35(75-50)19-69-38(60)12-5-22-3-9-27(55)29(57)13-22/h4-5,11-12,21-36,39-58,61-68H,1-3,6-10,13-20H2/t21?,22?,23?,24?,25?,26?,27?,28?,29?,30?,31?,32?,33?,34-,35-,36-,39-,40-,41-,42+,43+,44+,45-,46-,47?,48-,49-,50+,51-/m1/s1. The Morgan fingerprint density at radius 1 is 0.442 bits per heavy atom. The van der Waals surface area contributed by atoms with Gasteiger partial charge in [-0.3, -0.25) is 0 Å². The van der Waals surface area contributed by atoms with E-state index in [0.717, 1.165) is 6.08 Å². The monoisotopic (exact) mass is 1110 g/mol. The summed E-state index contributed by atoms with van der Waals surface area (Å²) < 4.78 is 54.6. The molecule has 8 aliphatic rings. The van der Waals surface area contributed by atoms with E-state index in [4.69, 9.17) is 42.6 Å². The van der Waals surface area contributed by atoms with Crippen molar-refractivity contribution in [3.63, 3.8) is 0 Å². The molecular formula is C51H80O26. The van der Waals surface area contributed by atoms with Gasteiger partial charge < -0.3 is 119 Å². The topological polar surface area (TPSA) is 421 Å². The third-order valence-corrected chi connectivity index (χ3v) is 16.9. The van der Waals surface area contributed by atoms with Crippen molar-refractivity contribution in [2.24, 2.45) is 23.7 Å². The molecule has 0 aromatic heterocycles. The molecule has 0 amide bonds. The van der Waals surface area contributed by atoms with Crippen molar-refractivity contribution in [2.45, 2.75) is 237 Å². The molecule has 4 saturated carbocycles. The zero-order valence-corrected chi connectivity index (χ0v) is 42.6. The minimum absolute atomic E-state index is 0.00700. The summed E-state index contributed by atoms with van der Waals surface area (Å²) in [6.07, 6.45) is -26.8. The lowest BCUT2D eigenvalue weighted by Gasteiger charge is -2.53. The van der Waals surface area contributed by atoms with Crippen molar-refractivity contribution >= 4 is 11.9 Å².